The lowest BCUT2D eigenvalue weighted by Crippen LogP contribution is -2.38. The van der Waals surface area contributed by atoms with Gasteiger partial charge in [-0.15, -0.1) is 0 Å². The van der Waals surface area contributed by atoms with Gasteiger partial charge in [-0.2, -0.15) is 4.31 Å². The zero-order valence-electron chi connectivity index (χ0n) is 17.5. The monoisotopic (exact) mass is 445 g/mol. The number of aryl methyl sites for hydroxylation is 1. The van der Waals surface area contributed by atoms with Crippen LogP contribution in [0, 0.1) is 12.8 Å². The molecule has 1 amide bonds. The summed E-state index contributed by atoms with van der Waals surface area (Å²) in [6.45, 7) is 3.26. The third kappa shape index (κ3) is 4.80. The van der Waals surface area contributed by atoms with E-state index in [0.717, 1.165) is 43.0 Å². The van der Waals surface area contributed by atoms with Crippen LogP contribution in [0.5, 0.6) is 0 Å². The van der Waals surface area contributed by atoms with Crippen LogP contribution in [0.15, 0.2) is 40.1 Å². The molecular formula is C21H27N5O4S. The van der Waals surface area contributed by atoms with Crippen LogP contribution in [0.4, 0.5) is 0 Å². The maximum atomic E-state index is 12.7. The minimum atomic E-state index is -3.52. The summed E-state index contributed by atoms with van der Waals surface area (Å²) in [6, 6.07) is 3.65. The average molecular weight is 446 g/mol. The molecule has 4 rings (SSSR count). The lowest BCUT2D eigenvalue weighted by Gasteiger charge is -2.30. The van der Waals surface area contributed by atoms with Gasteiger partial charge in [0.05, 0.1) is 6.20 Å². The van der Waals surface area contributed by atoms with E-state index in [4.69, 9.17) is 4.52 Å². The van der Waals surface area contributed by atoms with Gasteiger partial charge >= 0.3 is 0 Å². The molecule has 0 aliphatic carbocycles. The van der Waals surface area contributed by atoms with Gasteiger partial charge in [-0.05, 0) is 44.2 Å². The van der Waals surface area contributed by atoms with E-state index in [0.29, 0.717) is 37.0 Å². The Morgan fingerprint density at radius 3 is 2.81 bits per heavy atom. The van der Waals surface area contributed by atoms with Gasteiger partial charge in [-0.25, -0.2) is 8.42 Å². The molecule has 1 aliphatic rings. The van der Waals surface area contributed by atoms with Gasteiger partial charge in [0.1, 0.15) is 10.6 Å². The zero-order valence-corrected chi connectivity index (χ0v) is 18.3. The van der Waals surface area contributed by atoms with Crippen molar-refractivity contribution >= 4 is 26.8 Å². The number of piperidine rings is 1. The van der Waals surface area contributed by atoms with E-state index in [9.17, 15) is 13.2 Å². The first kappa shape index (κ1) is 21.5. The fraction of sp³-hybridized carbons (Fsp3) is 0.476. The van der Waals surface area contributed by atoms with Crippen LogP contribution in [-0.4, -0.2) is 53.4 Å². The summed E-state index contributed by atoms with van der Waals surface area (Å²) in [5, 5.41) is 7.45. The molecule has 0 bridgehead atoms. The molecule has 3 aromatic rings. The van der Waals surface area contributed by atoms with Gasteiger partial charge in [0, 0.05) is 42.9 Å². The number of pyridine rings is 1. The second kappa shape index (κ2) is 9.19. The Kier molecular flexibility index (Phi) is 6.38. The summed E-state index contributed by atoms with van der Waals surface area (Å²) in [6.07, 6.45) is 9.32. The largest absolute Gasteiger partial charge is 0.360 e. The first-order valence-electron chi connectivity index (χ1n) is 10.6. The fourth-order valence-electron chi connectivity index (χ4n) is 4.06. The average Bonchev–Trinajstić information content (AvgIpc) is 3.40. The molecule has 4 heterocycles. The quantitative estimate of drug-likeness (QED) is 0.514. The van der Waals surface area contributed by atoms with Crippen molar-refractivity contribution in [3.05, 3.63) is 42.2 Å². The number of sulfonamides is 1. The molecule has 166 valence electrons. The van der Waals surface area contributed by atoms with Crippen LogP contribution in [-0.2, 0) is 10.0 Å². The topological polar surface area (TPSA) is 121 Å². The molecule has 1 aliphatic heterocycles. The van der Waals surface area contributed by atoms with Crippen molar-refractivity contribution in [2.45, 2.75) is 43.9 Å². The Labute approximate surface area is 181 Å². The third-order valence-corrected chi connectivity index (χ3v) is 7.88. The summed E-state index contributed by atoms with van der Waals surface area (Å²) in [7, 11) is -3.52. The van der Waals surface area contributed by atoms with Crippen molar-refractivity contribution < 1.29 is 17.7 Å². The number of carbonyl (C=O) groups excluding carboxylic acids is 1. The number of nitrogens with zero attached hydrogens (tertiary/aromatic N) is 3. The number of aromatic amines is 1. The van der Waals surface area contributed by atoms with E-state index in [1.165, 1.54) is 10.5 Å². The smallest absolute Gasteiger partial charge is 0.267 e. The molecule has 1 saturated heterocycles. The third-order valence-electron chi connectivity index (χ3n) is 5.89. The summed E-state index contributed by atoms with van der Waals surface area (Å²) in [4.78, 5) is 19.6. The Morgan fingerprint density at radius 2 is 2.10 bits per heavy atom. The minimum absolute atomic E-state index is 0.112. The number of fused-ring (bicyclic) bond motifs is 1. The Morgan fingerprint density at radius 1 is 1.29 bits per heavy atom. The highest BCUT2D eigenvalue weighted by Gasteiger charge is 2.31. The second-order valence-electron chi connectivity index (χ2n) is 7.99. The van der Waals surface area contributed by atoms with Gasteiger partial charge in [0.2, 0.25) is 10.0 Å². The van der Waals surface area contributed by atoms with E-state index in [1.807, 2.05) is 6.07 Å². The molecule has 0 aromatic carbocycles. The van der Waals surface area contributed by atoms with E-state index in [2.05, 4.69) is 20.4 Å². The van der Waals surface area contributed by atoms with Gasteiger partial charge in [-0.3, -0.25) is 9.78 Å². The first-order valence-corrected chi connectivity index (χ1v) is 12.0. The normalized spacial score (nSPS) is 16.0. The summed E-state index contributed by atoms with van der Waals surface area (Å²) >= 11 is 0. The number of hydrogen-bond acceptors (Lipinski definition) is 6. The molecule has 2 N–H and O–H groups in total. The molecule has 9 nitrogen and oxygen atoms in total. The Bertz CT molecular complexity index is 1110. The molecule has 3 aromatic heterocycles. The van der Waals surface area contributed by atoms with Crippen molar-refractivity contribution in [2.75, 3.05) is 19.6 Å². The minimum Gasteiger partial charge on any atom is -0.360 e. The van der Waals surface area contributed by atoms with Crippen molar-refractivity contribution in [1.29, 1.82) is 0 Å². The van der Waals surface area contributed by atoms with Crippen molar-refractivity contribution in [1.82, 2.24) is 24.7 Å². The van der Waals surface area contributed by atoms with Crippen molar-refractivity contribution in [3.63, 3.8) is 0 Å². The van der Waals surface area contributed by atoms with Crippen LogP contribution in [0.2, 0.25) is 0 Å². The van der Waals surface area contributed by atoms with E-state index in [1.54, 1.807) is 25.4 Å². The molecule has 0 unspecified atom stereocenters. The van der Waals surface area contributed by atoms with Gasteiger partial charge in [-0.1, -0.05) is 18.0 Å². The number of nitrogens with one attached hydrogen (secondary N) is 2. The highest BCUT2D eigenvalue weighted by atomic mass is 32.2. The van der Waals surface area contributed by atoms with Crippen LogP contribution in [0.25, 0.3) is 10.9 Å². The molecule has 0 atom stereocenters. The predicted octanol–water partition coefficient (Wildman–Crippen LogP) is 2.86. The van der Waals surface area contributed by atoms with Crippen molar-refractivity contribution in [3.8, 4) is 0 Å². The number of carbonyl (C=O) groups is 1. The zero-order chi connectivity index (χ0) is 21.8. The van der Waals surface area contributed by atoms with Crippen LogP contribution >= 0.6 is 0 Å². The first-order chi connectivity index (χ1) is 14.9. The molecule has 31 heavy (non-hydrogen) atoms. The summed E-state index contributed by atoms with van der Waals surface area (Å²) in [5.74, 6) is 0.721. The van der Waals surface area contributed by atoms with Crippen LogP contribution in [0.3, 0.4) is 0 Å². The highest BCUT2D eigenvalue weighted by molar-refractivity contribution is 7.89. The number of hydrogen-bond donors (Lipinski definition) is 2. The Hall–Kier alpha value is -2.72. The van der Waals surface area contributed by atoms with Crippen LogP contribution in [0.1, 0.15) is 48.4 Å². The highest BCUT2D eigenvalue weighted by Crippen LogP contribution is 2.27. The predicted molar refractivity (Wildman–Crippen MR) is 115 cm³/mol. The maximum absolute atomic E-state index is 12.7. The van der Waals surface area contributed by atoms with Crippen LogP contribution < -0.4 is 5.32 Å². The molecule has 0 saturated carbocycles. The molecular weight excluding hydrogens is 418 g/mol. The number of rotatable bonds is 8. The fourth-order valence-corrected chi connectivity index (χ4v) is 5.61. The lowest BCUT2D eigenvalue weighted by atomic mass is 9.92. The van der Waals surface area contributed by atoms with E-state index in [-0.39, 0.29) is 10.8 Å². The van der Waals surface area contributed by atoms with Gasteiger partial charge in [0.15, 0.2) is 5.76 Å². The van der Waals surface area contributed by atoms with Crippen molar-refractivity contribution in [2.24, 2.45) is 5.92 Å². The lowest BCUT2D eigenvalue weighted by molar-refractivity contribution is 0.0948. The number of amides is 1. The van der Waals surface area contributed by atoms with Gasteiger partial charge in [0.25, 0.3) is 5.91 Å². The Balaban J connectivity index is 1.16. The summed E-state index contributed by atoms with van der Waals surface area (Å²) in [5.41, 5.74) is 1.44. The number of aromatic nitrogens is 3. The van der Waals surface area contributed by atoms with E-state index >= 15 is 0 Å². The standard InChI is InChI=1S/C21H27N5O4S/c1-15-20(14-24-30-15)31(28,29)26-10-6-16(7-11-26)4-2-3-8-23-21(27)19-12-17-13-22-9-5-18(17)25-19/h5,9,12-14,16,25H,2-4,6-8,10-11H2,1H3,(H,23,27). The molecule has 1 fully saturated rings. The van der Waals surface area contributed by atoms with E-state index < -0.39 is 10.0 Å². The number of H-pyrrole nitrogens is 1. The van der Waals surface area contributed by atoms with Gasteiger partial charge < -0.3 is 14.8 Å². The SMILES string of the molecule is Cc1oncc1S(=O)(=O)N1CCC(CCCCNC(=O)c2cc3cnccc3[nH]2)CC1. The second-order valence-corrected chi connectivity index (χ2v) is 9.90. The maximum Gasteiger partial charge on any atom is 0.267 e. The molecule has 0 radical (unpaired) electrons. The molecule has 0 spiro atoms. The number of unbranched alkanes of at least 4 members (excludes halogenated alkanes) is 1. The molecule has 10 heteroatoms. The summed E-state index contributed by atoms with van der Waals surface area (Å²) < 4.78 is 31.8.